The molecule has 0 aliphatic carbocycles. The number of benzene rings is 2. The highest BCUT2D eigenvalue weighted by molar-refractivity contribution is 5.87. The highest BCUT2D eigenvalue weighted by Gasteiger charge is 2.24. The number of hydrogen-bond acceptors (Lipinski definition) is 4. The van der Waals surface area contributed by atoms with Crippen LogP contribution in [0.5, 0.6) is 11.5 Å². The second-order valence-corrected chi connectivity index (χ2v) is 9.62. The average molecular weight is 517 g/mol. The van der Waals surface area contributed by atoms with Gasteiger partial charge in [0.2, 0.25) is 5.91 Å². The number of unbranched alkanes of at least 4 members (excludes halogenated alkanes) is 2. The Kier molecular flexibility index (Phi) is 12.8. The first-order valence-electron chi connectivity index (χ1n) is 13.1. The Morgan fingerprint density at radius 2 is 1.47 bits per heavy atom. The quantitative estimate of drug-likeness (QED) is 0.310. The van der Waals surface area contributed by atoms with Crippen molar-refractivity contribution >= 4 is 24.3 Å². The van der Waals surface area contributed by atoms with E-state index < -0.39 is 5.97 Å². The predicted molar refractivity (Wildman–Crippen MR) is 146 cm³/mol. The molecule has 0 aromatic heterocycles. The van der Waals surface area contributed by atoms with Crippen molar-refractivity contribution < 1.29 is 19.4 Å². The standard InChI is InChI=1S/C29H40N2O4.ClH/c1-3-5-7-23(8-6-4-2)28(32)30-25-17-19-31(20-18-25)21-22-9-13-26(14-10-22)35-27-15-11-24(12-16-27)29(33)34;/h9-16,23,25H,3-8,17-21H2,1-2H3,(H,30,32)(H,33,34);1H. The highest BCUT2D eigenvalue weighted by atomic mass is 35.5. The molecule has 0 spiro atoms. The summed E-state index contributed by atoms with van der Waals surface area (Å²) in [7, 11) is 0. The number of amides is 1. The number of rotatable bonds is 13. The number of carboxylic acids is 1. The zero-order valence-electron chi connectivity index (χ0n) is 21.6. The summed E-state index contributed by atoms with van der Waals surface area (Å²) in [6.07, 6.45) is 8.54. The van der Waals surface area contributed by atoms with Crippen LogP contribution in [0.1, 0.15) is 81.1 Å². The minimum absolute atomic E-state index is 0. The van der Waals surface area contributed by atoms with Crippen LogP contribution in [0.25, 0.3) is 0 Å². The van der Waals surface area contributed by atoms with Gasteiger partial charge in [-0.25, -0.2) is 4.79 Å². The third kappa shape index (κ3) is 9.47. The van der Waals surface area contributed by atoms with E-state index in [1.807, 2.05) is 12.1 Å². The molecule has 2 N–H and O–H groups in total. The Balaban J connectivity index is 0.00000456. The fourth-order valence-electron chi connectivity index (χ4n) is 4.58. The van der Waals surface area contributed by atoms with Crippen LogP contribution in [0.4, 0.5) is 0 Å². The molecule has 0 saturated carbocycles. The molecule has 1 heterocycles. The molecule has 2 aromatic rings. The van der Waals surface area contributed by atoms with Crippen molar-refractivity contribution in [3.05, 3.63) is 59.7 Å². The Morgan fingerprint density at radius 3 is 1.97 bits per heavy atom. The fourth-order valence-corrected chi connectivity index (χ4v) is 4.58. The molecule has 1 amide bonds. The molecular formula is C29H41ClN2O4. The number of aromatic carboxylic acids is 1. The third-order valence-electron chi connectivity index (χ3n) is 6.78. The van der Waals surface area contributed by atoms with Crippen LogP contribution in [-0.2, 0) is 11.3 Å². The van der Waals surface area contributed by atoms with E-state index >= 15 is 0 Å². The summed E-state index contributed by atoms with van der Waals surface area (Å²) in [6, 6.07) is 14.7. The number of carbonyl (C=O) groups excluding carboxylic acids is 1. The number of ether oxygens (including phenoxy) is 1. The van der Waals surface area contributed by atoms with Gasteiger partial charge in [0.15, 0.2) is 0 Å². The zero-order valence-corrected chi connectivity index (χ0v) is 22.4. The Morgan fingerprint density at radius 1 is 0.944 bits per heavy atom. The molecule has 3 rings (SSSR count). The molecule has 0 radical (unpaired) electrons. The maximum atomic E-state index is 12.8. The van der Waals surface area contributed by atoms with Gasteiger partial charge in [-0.05, 0) is 67.6 Å². The molecule has 1 aliphatic rings. The maximum Gasteiger partial charge on any atom is 0.335 e. The largest absolute Gasteiger partial charge is 0.478 e. The Bertz CT molecular complexity index is 917. The minimum atomic E-state index is -0.949. The Hall–Kier alpha value is -2.57. The van der Waals surface area contributed by atoms with Crippen molar-refractivity contribution in [2.45, 2.75) is 77.8 Å². The van der Waals surface area contributed by atoms with E-state index in [0.717, 1.165) is 76.8 Å². The van der Waals surface area contributed by atoms with Crippen molar-refractivity contribution in [1.82, 2.24) is 10.2 Å². The van der Waals surface area contributed by atoms with Gasteiger partial charge in [0, 0.05) is 31.6 Å². The first-order valence-corrected chi connectivity index (χ1v) is 13.1. The molecule has 0 unspecified atom stereocenters. The van der Waals surface area contributed by atoms with Gasteiger partial charge in [0.05, 0.1) is 5.56 Å². The van der Waals surface area contributed by atoms with E-state index in [1.54, 1.807) is 12.1 Å². The van der Waals surface area contributed by atoms with E-state index in [0.29, 0.717) is 5.75 Å². The van der Waals surface area contributed by atoms with E-state index in [4.69, 9.17) is 9.84 Å². The number of carboxylic acid groups (broad SMARTS) is 1. The van der Waals surface area contributed by atoms with Gasteiger partial charge in [-0.15, -0.1) is 12.4 Å². The van der Waals surface area contributed by atoms with Gasteiger partial charge < -0.3 is 15.2 Å². The summed E-state index contributed by atoms with van der Waals surface area (Å²) in [5, 5.41) is 12.3. The molecule has 1 aliphatic heterocycles. The highest BCUT2D eigenvalue weighted by Crippen LogP contribution is 2.23. The number of nitrogens with zero attached hydrogens (tertiary/aromatic N) is 1. The van der Waals surface area contributed by atoms with Crippen LogP contribution < -0.4 is 10.1 Å². The summed E-state index contributed by atoms with van der Waals surface area (Å²) >= 11 is 0. The molecule has 198 valence electrons. The lowest BCUT2D eigenvalue weighted by molar-refractivity contribution is -0.126. The normalized spacial score (nSPS) is 14.3. The number of carbonyl (C=O) groups is 2. The van der Waals surface area contributed by atoms with Crippen molar-refractivity contribution in [2.24, 2.45) is 5.92 Å². The zero-order chi connectivity index (χ0) is 25.0. The topological polar surface area (TPSA) is 78.9 Å². The summed E-state index contributed by atoms with van der Waals surface area (Å²) < 4.78 is 5.83. The Labute approximate surface area is 221 Å². The average Bonchev–Trinajstić information content (AvgIpc) is 2.87. The van der Waals surface area contributed by atoms with Crippen LogP contribution in [0.15, 0.2) is 48.5 Å². The molecule has 6 nitrogen and oxygen atoms in total. The first-order chi connectivity index (χ1) is 17.0. The second-order valence-electron chi connectivity index (χ2n) is 9.62. The number of halogens is 1. The van der Waals surface area contributed by atoms with Crippen LogP contribution in [0.2, 0.25) is 0 Å². The van der Waals surface area contributed by atoms with E-state index in [9.17, 15) is 9.59 Å². The van der Waals surface area contributed by atoms with E-state index in [2.05, 4.69) is 36.2 Å². The lowest BCUT2D eigenvalue weighted by Crippen LogP contribution is -2.46. The summed E-state index contributed by atoms with van der Waals surface area (Å²) in [6.45, 7) is 7.21. The minimum Gasteiger partial charge on any atom is -0.478 e. The molecule has 0 atom stereocenters. The first kappa shape index (κ1) is 29.7. The lowest BCUT2D eigenvalue weighted by atomic mass is 9.94. The SMILES string of the molecule is CCCCC(CCCC)C(=O)NC1CCN(Cc2ccc(Oc3ccc(C(=O)O)cc3)cc2)CC1.Cl. The lowest BCUT2D eigenvalue weighted by Gasteiger charge is -2.33. The van der Waals surface area contributed by atoms with Crippen molar-refractivity contribution in [1.29, 1.82) is 0 Å². The number of nitrogens with one attached hydrogen (secondary N) is 1. The smallest absolute Gasteiger partial charge is 0.335 e. The molecule has 1 fully saturated rings. The molecule has 1 saturated heterocycles. The van der Waals surface area contributed by atoms with Crippen molar-refractivity contribution in [2.75, 3.05) is 13.1 Å². The summed E-state index contributed by atoms with van der Waals surface area (Å²) in [5.41, 5.74) is 1.46. The van der Waals surface area contributed by atoms with Crippen molar-refractivity contribution in [3.63, 3.8) is 0 Å². The van der Waals surface area contributed by atoms with Gasteiger partial charge >= 0.3 is 5.97 Å². The van der Waals surface area contributed by atoms with E-state index in [-0.39, 0.29) is 35.8 Å². The number of likely N-dealkylation sites (tertiary alicyclic amines) is 1. The molecule has 2 aromatic carbocycles. The van der Waals surface area contributed by atoms with Crippen LogP contribution in [0, 0.1) is 5.92 Å². The van der Waals surface area contributed by atoms with Gasteiger partial charge in [-0.2, -0.15) is 0 Å². The molecule has 36 heavy (non-hydrogen) atoms. The molecule has 7 heteroatoms. The number of piperidine rings is 1. The van der Waals surface area contributed by atoms with Crippen molar-refractivity contribution in [3.8, 4) is 11.5 Å². The third-order valence-corrected chi connectivity index (χ3v) is 6.78. The fraction of sp³-hybridized carbons (Fsp3) is 0.517. The molecule has 0 bridgehead atoms. The van der Waals surface area contributed by atoms with Gasteiger partial charge in [-0.3, -0.25) is 9.69 Å². The molecular weight excluding hydrogens is 476 g/mol. The van der Waals surface area contributed by atoms with Crippen LogP contribution in [0.3, 0.4) is 0 Å². The van der Waals surface area contributed by atoms with E-state index in [1.165, 1.54) is 17.7 Å². The van der Waals surface area contributed by atoms with Gasteiger partial charge in [-0.1, -0.05) is 51.7 Å². The van der Waals surface area contributed by atoms with Crippen LogP contribution >= 0.6 is 12.4 Å². The summed E-state index contributed by atoms with van der Waals surface area (Å²) in [4.78, 5) is 26.3. The summed E-state index contributed by atoms with van der Waals surface area (Å²) in [5.74, 6) is 0.815. The maximum absolute atomic E-state index is 12.8. The second kappa shape index (κ2) is 15.5. The monoisotopic (exact) mass is 516 g/mol. The number of hydrogen-bond donors (Lipinski definition) is 2. The van der Waals surface area contributed by atoms with Crippen LogP contribution in [-0.4, -0.2) is 41.0 Å². The van der Waals surface area contributed by atoms with Gasteiger partial charge in [0.1, 0.15) is 11.5 Å². The predicted octanol–water partition coefficient (Wildman–Crippen LogP) is 6.68. The van der Waals surface area contributed by atoms with Gasteiger partial charge in [0.25, 0.3) is 0 Å².